The smallest absolute Gasteiger partial charge is 0.216 e. The molecule has 0 spiro atoms. The van der Waals surface area contributed by atoms with Gasteiger partial charge in [-0.3, -0.25) is 4.79 Å². The van der Waals surface area contributed by atoms with Gasteiger partial charge in [0.2, 0.25) is 5.91 Å². The SMILES string of the molecule is CCCCc1nc2c(N(CC)CC)nc3ccccc3c2n1OCCCCNC(C)=O. The molecule has 0 saturated heterocycles. The second-order valence-electron chi connectivity index (χ2n) is 7.77. The monoisotopic (exact) mass is 425 g/mol. The van der Waals surface area contributed by atoms with Gasteiger partial charge < -0.3 is 15.1 Å². The normalized spacial score (nSPS) is 11.2. The molecule has 2 aromatic heterocycles. The van der Waals surface area contributed by atoms with Crippen LogP contribution in [0.2, 0.25) is 0 Å². The van der Waals surface area contributed by atoms with Gasteiger partial charge in [0, 0.05) is 38.4 Å². The molecule has 7 nitrogen and oxygen atoms in total. The van der Waals surface area contributed by atoms with Crippen molar-refractivity contribution >= 4 is 33.7 Å². The Labute approximate surface area is 184 Å². The summed E-state index contributed by atoms with van der Waals surface area (Å²) >= 11 is 0. The van der Waals surface area contributed by atoms with Crippen molar-refractivity contribution in [3.05, 3.63) is 30.1 Å². The second-order valence-corrected chi connectivity index (χ2v) is 7.77. The van der Waals surface area contributed by atoms with Gasteiger partial charge in [0.25, 0.3) is 0 Å². The summed E-state index contributed by atoms with van der Waals surface area (Å²) in [6, 6.07) is 8.21. The average molecular weight is 426 g/mol. The molecule has 7 heteroatoms. The molecule has 0 unspecified atom stereocenters. The summed E-state index contributed by atoms with van der Waals surface area (Å²) < 4.78 is 1.94. The highest BCUT2D eigenvalue weighted by molar-refractivity contribution is 6.07. The lowest BCUT2D eigenvalue weighted by Crippen LogP contribution is -2.23. The number of hydrogen-bond donors (Lipinski definition) is 1. The fourth-order valence-corrected chi connectivity index (χ4v) is 3.81. The standard InChI is InChI=1S/C24H35N5O2/c1-5-8-15-21-27-22-23(29(21)31-17-12-11-16-25-18(4)30)19-13-9-10-14-20(19)26-24(22)28(6-2)7-3/h9-10,13-14H,5-8,11-12,15-17H2,1-4H3,(H,25,30). The number of aromatic nitrogens is 3. The quantitative estimate of drug-likeness (QED) is 0.442. The first-order chi connectivity index (χ1) is 15.1. The van der Waals surface area contributed by atoms with Crippen molar-refractivity contribution in [2.24, 2.45) is 0 Å². The van der Waals surface area contributed by atoms with Crippen LogP contribution in [0.3, 0.4) is 0 Å². The number of hydrogen-bond acceptors (Lipinski definition) is 5. The number of unbranched alkanes of at least 4 members (excludes halogenated alkanes) is 2. The van der Waals surface area contributed by atoms with Crippen LogP contribution < -0.4 is 15.1 Å². The van der Waals surface area contributed by atoms with E-state index in [-0.39, 0.29) is 5.91 Å². The van der Waals surface area contributed by atoms with E-state index in [0.29, 0.717) is 13.2 Å². The number of amides is 1. The molecule has 0 aliphatic carbocycles. The molecule has 3 rings (SSSR count). The largest absolute Gasteiger partial charge is 0.412 e. The van der Waals surface area contributed by atoms with Gasteiger partial charge in [0.05, 0.1) is 5.52 Å². The highest BCUT2D eigenvalue weighted by atomic mass is 16.7. The molecule has 0 radical (unpaired) electrons. The number of benzene rings is 1. The number of para-hydroxylation sites is 1. The minimum atomic E-state index is 0.00581. The summed E-state index contributed by atoms with van der Waals surface area (Å²) in [6.07, 6.45) is 4.76. The molecule has 2 heterocycles. The Hall–Kier alpha value is -2.83. The van der Waals surface area contributed by atoms with Gasteiger partial charge in [-0.25, -0.2) is 9.97 Å². The second kappa shape index (κ2) is 11.0. The molecule has 1 aromatic carbocycles. The lowest BCUT2D eigenvalue weighted by atomic mass is 10.2. The number of nitrogens with zero attached hydrogens (tertiary/aromatic N) is 4. The predicted octanol–water partition coefficient (Wildman–Crippen LogP) is 4.12. The van der Waals surface area contributed by atoms with Gasteiger partial charge in [0.15, 0.2) is 5.82 Å². The van der Waals surface area contributed by atoms with Gasteiger partial charge in [-0.15, -0.1) is 0 Å². The first kappa shape index (κ1) is 22.8. The van der Waals surface area contributed by atoms with E-state index in [9.17, 15) is 4.79 Å². The maximum absolute atomic E-state index is 11.1. The number of anilines is 1. The molecule has 1 amide bonds. The Morgan fingerprint density at radius 1 is 1.10 bits per heavy atom. The Balaban J connectivity index is 2.02. The van der Waals surface area contributed by atoms with Crippen molar-refractivity contribution in [1.29, 1.82) is 0 Å². The molecule has 0 saturated carbocycles. The predicted molar refractivity (Wildman–Crippen MR) is 127 cm³/mol. The van der Waals surface area contributed by atoms with E-state index in [1.807, 2.05) is 16.9 Å². The van der Waals surface area contributed by atoms with Crippen LogP contribution in [0.15, 0.2) is 24.3 Å². The van der Waals surface area contributed by atoms with Crippen molar-refractivity contribution in [2.75, 3.05) is 31.1 Å². The third kappa shape index (κ3) is 5.27. The number of carbonyl (C=O) groups is 1. The van der Waals surface area contributed by atoms with Crippen molar-refractivity contribution in [3.63, 3.8) is 0 Å². The lowest BCUT2D eigenvalue weighted by molar-refractivity contribution is -0.118. The summed E-state index contributed by atoms with van der Waals surface area (Å²) in [7, 11) is 0. The van der Waals surface area contributed by atoms with E-state index in [0.717, 1.165) is 78.8 Å². The molecular weight excluding hydrogens is 390 g/mol. The molecule has 168 valence electrons. The van der Waals surface area contributed by atoms with E-state index in [1.54, 1.807) is 6.92 Å². The highest BCUT2D eigenvalue weighted by Gasteiger charge is 2.21. The highest BCUT2D eigenvalue weighted by Crippen LogP contribution is 2.32. The Bertz CT molecular complexity index is 1010. The number of nitrogens with one attached hydrogen (secondary N) is 1. The van der Waals surface area contributed by atoms with Crippen molar-refractivity contribution in [3.8, 4) is 0 Å². The molecule has 3 aromatic rings. The van der Waals surface area contributed by atoms with E-state index in [2.05, 4.69) is 43.1 Å². The van der Waals surface area contributed by atoms with Gasteiger partial charge >= 0.3 is 0 Å². The van der Waals surface area contributed by atoms with E-state index in [4.69, 9.17) is 14.8 Å². The Kier molecular flexibility index (Phi) is 8.09. The molecule has 1 N–H and O–H groups in total. The summed E-state index contributed by atoms with van der Waals surface area (Å²) in [5, 5.41) is 3.89. The molecular formula is C24H35N5O2. The summed E-state index contributed by atoms with van der Waals surface area (Å²) in [6.45, 7) is 11.0. The number of pyridine rings is 1. The van der Waals surface area contributed by atoms with Crippen LogP contribution in [0, 0.1) is 0 Å². The number of aryl methyl sites for hydroxylation is 1. The molecule has 31 heavy (non-hydrogen) atoms. The zero-order valence-electron chi connectivity index (χ0n) is 19.3. The van der Waals surface area contributed by atoms with Gasteiger partial charge in [0.1, 0.15) is 23.5 Å². The van der Waals surface area contributed by atoms with Gasteiger partial charge in [-0.1, -0.05) is 31.5 Å². The maximum Gasteiger partial charge on any atom is 0.216 e. The molecule has 0 atom stereocenters. The van der Waals surface area contributed by atoms with Crippen LogP contribution in [-0.2, 0) is 11.2 Å². The topological polar surface area (TPSA) is 72.3 Å². The van der Waals surface area contributed by atoms with Crippen molar-refractivity contribution in [1.82, 2.24) is 20.0 Å². The zero-order valence-corrected chi connectivity index (χ0v) is 19.3. The zero-order chi connectivity index (χ0) is 22.2. The van der Waals surface area contributed by atoms with Crippen LogP contribution in [0.1, 0.15) is 59.2 Å². The van der Waals surface area contributed by atoms with Crippen LogP contribution in [0.25, 0.3) is 21.9 Å². The lowest BCUT2D eigenvalue weighted by Gasteiger charge is -2.21. The van der Waals surface area contributed by atoms with Crippen LogP contribution in [0.5, 0.6) is 0 Å². The van der Waals surface area contributed by atoms with E-state index in [1.165, 1.54) is 0 Å². The van der Waals surface area contributed by atoms with Crippen molar-refractivity contribution in [2.45, 2.75) is 59.8 Å². The van der Waals surface area contributed by atoms with Crippen molar-refractivity contribution < 1.29 is 9.63 Å². The minimum Gasteiger partial charge on any atom is -0.412 e. The molecule has 0 fully saturated rings. The Morgan fingerprint density at radius 3 is 2.58 bits per heavy atom. The number of fused-ring (bicyclic) bond motifs is 3. The fourth-order valence-electron chi connectivity index (χ4n) is 3.81. The number of rotatable bonds is 12. The third-order valence-corrected chi connectivity index (χ3v) is 5.48. The maximum atomic E-state index is 11.1. The number of carbonyl (C=O) groups excluding carboxylic acids is 1. The summed E-state index contributed by atoms with van der Waals surface area (Å²) in [4.78, 5) is 29.6. The van der Waals surface area contributed by atoms with Gasteiger partial charge in [-0.2, -0.15) is 4.73 Å². The van der Waals surface area contributed by atoms with Gasteiger partial charge in [-0.05, 0) is 39.2 Å². The van der Waals surface area contributed by atoms with Crippen LogP contribution in [0.4, 0.5) is 5.82 Å². The Morgan fingerprint density at radius 2 is 1.87 bits per heavy atom. The molecule has 0 bridgehead atoms. The first-order valence-corrected chi connectivity index (χ1v) is 11.5. The van der Waals surface area contributed by atoms with E-state index < -0.39 is 0 Å². The van der Waals surface area contributed by atoms with E-state index >= 15 is 0 Å². The first-order valence-electron chi connectivity index (χ1n) is 11.5. The fraction of sp³-hybridized carbons (Fsp3) is 0.542. The summed E-state index contributed by atoms with van der Waals surface area (Å²) in [5.74, 6) is 1.88. The molecule has 0 aliphatic heterocycles. The average Bonchev–Trinajstić information content (AvgIpc) is 3.14. The minimum absolute atomic E-state index is 0.00581. The third-order valence-electron chi connectivity index (χ3n) is 5.48. The number of imidazole rings is 1. The molecule has 0 aliphatic rings. The van der Waals surface area contributed by atoms with Crippen LogP contribution in [-0.4, -0.2) is 46.8 Å². The van der Waals surface area contributed by atoms with Crippen LogP contribution >= 0.6 is 0 Å². The summed E-state index contributed by atoms with van der Waals surface area (Å²) in [5.41, 5.74) is 2.86.